The molecule has 9 heteroatoms. The van der Waals surface area contributed by atoms with Gasteiger partial charge in [-0.15, -0.1) is 11.3 Å². The van der Waals surface area contributed by atoms with Gasteiger partial charge in [0.15, 0.2) is 0 Å². The number of thiophene rings is 1. The average molecular weight is 511 g/mol. The van der Waals surface area contributed by atoms with Crippen LogP contribution in [0.3, 0.4) is 0 Å². The summed E-state index contributed by atoms with van der Waals surface area (Å²) in [4.78, 5) is 32.2. The number of oxazole rings is 1. The highest BCUT2D eigenvalue weighted by Crippen LogP contribution is 2.35. The standard InChI is InChI=1S/C22H20N4O3S.C3H8O.C2H6/c1-14-16-19(27)26(22(2,3)13-23)21(28)25(11-9-15-7-5-4-6-8-15)20(16)30-17(14)18-24-10-12-29-18;1-3(2)4;1-2/h4-8,10,12H,9,11H2,1-3H3;3-4H,1-2H3;1-2H3. The zero-order chi connectivity index (χ0) is 27.0. The number of benzene rings is 1. The second-order valence-electron chi connectivity index (χ2n) is 8.65. The van der Waals surface area contributed by atoms with Crippen molar-refractivity contribution in [2.75, 3.05) is 0 Å². The lowest BCUT2D eigenvalue weighted by Gasteiger charge is -2.20. The van der Waals surface area contributed by atoms with E-state index in [4.69, 9.17) is 9.52 Å². The quantitative estimate of drug-likeness (QED) is 0.399. The van der Waals surface area contributed by atoms with Gasteiger partial charge in [0.25, 0.3) is 5.56 Å². The van der Waals surface area contributed by atoms with Crippen molar-refractivity contribution in [1.29, 1.82) is 5.26 Å². The monoisotopic (exact) mass is 510 g/mol. The second-order valence-corrected chi connectivity index (χ2v) is 9.65. The van der Waals surface area contributed by atoms with Crippen molar-refractivity contribution in [1.82, 2.24) is 14.1 Å². The van der Waals surface area contributed by atoms with Crippen molar-refractivity contribution < 1.29 is 9.52 Å². The van der Waals surface area contributed by atoms with Crippen molar-refractivity contribution in [2.24, 2.45) is 0 Å². The van der Waals surface area contributed by atoms with E-state index in [9.17, 15) is 14.9 Å². The Kier molecular flexibility index (Phi) is 9.96. The van der Waals surface area contributed by atoms with Gasteiger partial charge in [0.05, 0.1) is 22.5 Å². The third-order valence-corrected chi connectivity index (χ3v) is 6.44. The molecule has 3 aromatic heterocycles. The van der Waals surface area contributed by atoms with Crippen LogP contribution in [0, 0.1) is 18.3 Å². The molecule has 3 heterocycles. The van der Waals surface area contributed by atoms with E-state index in [1.165, 1.54) is 17.6 Å². The zero-order valence-electron chi connectivity index (χ0n) is 21.9. The summed E-state index contributed by atoms with van der Waals surface area (Å²) in [6.07, 6.45) is 3.46. The van der Waals surface area contributed by atoms with Gasteiger partial charge in [0, 0.05) is 12.6 Å². The van der Waals surface area contributed by atoms with Gasteiger partial charge in [-0.1, -0.05) is 44.2 Å². The Hall–Kier alpha value is -3.48. The number of hydrogen-bond donors (Lipinski definition) is 1. The van der Waals surface area contributed by atoms with E-state index in [0.717, 1.165) is 10.1 Å². The maximum Gasteiger partial charge on any atom is 0.333 e. The summed E-state index contributed by atoms with van der Waals surface area (Å²) in [6.45, 7) is 12.8. The predicted octanol–water partition coefficient (Wildman–Crippen LogP) is 5.10. The van der Waals surface area contributed by atoms with Crippen LogP contribution < -0.4 is 11.2 Å². The molecule has 0 fully saturated rings. The molecule has 4 rings (SSSR count). The van der Waals surface area contributed by atoms with E-state index in [2.05, 4.69) is 11.1 Å². The molecule has 8 nitrogen and oxygen atoms in total. The summed E-state index contributed by atoms with van der Waals surface area (Å²) < 4.78 is 8.08. The van der Waals surface area contributed by atoms with Gasteiger partial charge in [-0.3, -0.25) is 9.36 Å². The van der Waals surface area contributed by atoms with Crippen molar-refractivity contribution in [2.45, 2.75) is 73.1 Å². The molecule has 0 amide bonds. The molecule has 0 bridgehead atoms. The van der Waals surface area contributed by atoms with Crippen LogP contribution in [0.4, 0.5) is 0 Å². The number of aryl methyl sites for hydroxylation is 3. The Balaban J connectivity index is 0.000000694. The second kappa shape index (κ2) is 12.5. The molecule has 1 N–H and O–H groups in total. The van der Waals surface area contributed by atoms with E-state index in [1.807, 2.05) is 51.1 Å². The molecule has 0 atom stereocenters. The number of aliphatic hydroxyl groups is 1. The molecule has 192 valence electrons. The lowest BCUT2D eigenvalue weighted by Crippen LogP contribution is -2.48. The van der Waals surface area contributed by atoms with Gasteiger partial charge in [-0.05, 0) is 52.2 Å². The molecule has 0 unspecified atom stereocenters. The van der Waals surface area contributed by atoms with Crippen molar-refractivity contribution in [3.05, 3.63) is 74.8 Å². The SMILES string of the molecule is CC.CC(C)O.Cc1c(-c2ncco2)sc2c1c(=O)n(C(C)(C)C#N)c(=O)n2CCc1ccccc1. The first-order valence-corrected chi connectivity index (χ1v) is 12.7. The Morgan fingerprint density at radius 3 is 2.33 bits per heavy atom. The molecular formula is C27H34N4O4S. The van der Waals surface area contributed by atoms with Crippen molar-refractivity contribution in [3.8, 4) is 16.8 Å². The minimum absolute atomic E-state index is 0.167. The van der Waals surface area contributed by atoms with Crippen LogP contribution in [0.1, 0.15) is 52.7 Å². The molecule has 1 aromatic carbocycles. The van der Waals surface area contributed by atoms with Gasteiger partial charge in [0.1, 0.15) is 16.6 Å². The van der Waals surface area contributed by atoms with Gasteiger partial charge in [-0.25, -0.2) is 14.3 Å². The molecule has 0 radical (unpaired) electrons. The molecule has 0 spiro atoms. The zero-order valence-corrected chi connectivity index (χ0v) is 22.7. The third kappa shape index (κ3) is 6.20. The highest BCUT2D eigenvalue weighted by atomic mass is 32.1. The summed E-state index contributed by atoms with van der Waals surface area (Å²) in [6, 6.07) is 11.9. The maximum atomic E-state index is 13.4. The number of nitrogens with zero attached hydrogens (tertiary/aromatic N) is 4. The average Bonchev–Trinajstić information content (AvgIpc) is 3.49. The Morgan fingerprint density at radius 2 is 1.81 bits per heavy atom. The van der Waals surface area contributed by atoms with E-state index in [1.54, 1.807) is 38.5 Å². The number of fused-ring (bicyclic) bond motifs is 1. The first kappa shape index (κ1) is 28.8. The maximum absolute atomic E-state index is 13.4. The van der Waals surface area contributed by atoms with Gasteiger partial charge in [0.2, 0.25) is 5.89 Å². The number of rotatable bonds is 5. The summed E-state index contributed by atoms with van der Waals surface area (Å²) in [7, 11) is 0. The van der Waals surface area contributed by atoms with Crippen LogP contribution in [0.5, 0.6) is 0 Å². The summed E-state index contributed by atoms with van der Waals surface area (Å²) in [5.74, 6) is 0.404. The van der Waals surface area contributed by atoms with Crippen LogP contribution in [-0.2, 0) is 18.5 Å². The first-order valence-electron chi connectivity index (χ1n) is 11.9. The molecule has 4 aromatic rings. The van der Waals surface area contributed by atoms with Crippen LogP contribution in [0.15, 0.2) is 56.8 Å². The Bertz CT molecular complexity index is 1420. The van der Waals surface area contributed by atoms with Crippen molar-refractivity contribution >= 4 is 21.6 Å². The van der Waals surface area contributed by atoms with Crippen LogP contribution in [-0.4, -0.2) is 25.3 Å². The molecular weight excluding hydrogens is 476 g/mol. The summed E-state index contributed by atoms with van der Waals surface area (Å²) in [5.41, 5.74) is -0.470. The van der Waals surface area contributed by atoms with Crippen LogP contribution in [0.2, 0.25) is 0 Å². The summed E-state index contributed by atoms with van der Waals surface area (Å²) in [5, 5.41) is 18.1. The van der Waals surface area contributed by atoms with Gasteiger partial charge in [-0.2, -0.15) is 5.26 Å². The first-order chi connectivity index (χ1) is 17.1. The fraction of sp³-hybridized carbons (Fsp3) is 0.407. The summed E-state index contributed by atoms with van der Waals surface area (Å²) >= 11 is 1.31. The lowest BCUT2D eigenvalue weighted by atomic mass is 10.1. The third-order valence-electron chi connectivity index (χ3n) is 5.14. The number of aliphatic hydroxyl groups excluding tert-OH is 1. The van der Waals surface area contributed by atoms with E-state index >= 15 is 0 Å². The highest BCUT2D eigenvalue weighted by Gasteiger charge is 2.29. The van der Waals surface area contributed by atoms with Crippen LogP contribution in [0.25, 0.3) is 21.0 Å². The number of aromatic nitrogens is 3. The Labute approximate surface area is 215 Å². The smallest absolute Gasteiger partial charge is 0.333 e. The topological polar surface area (TPSA) is 114 Å². The minimum Gasteiger partial charge on any atom is -0.444 e. The van der Waals surface area contributed by atoms with Crippen LogP contribution >= 0.6 is 11.3 Å². The lowest BCUT2D eigenvalue weighted by molar-refractivity contribution is 0.216. The molecule has 0 saturated heterocycles. The van der Waals surface area contributed by atoms with E-state index in [0.29, 0.717) is 39.5 Å². The Morgan fingerprint density at radius 1 is 1.19 bits per heavy atom. The number of hydrogen-bond acceptors (Lipinski definition) is 7. The fourth-order valence-electron chi connectivity index (χ4n) is 3.51. The normalized spacial score (nSPS) is 10.9. The molecule has 0 aliphatic carbocycles. The molecule has 0 aliphatic rings. The number of nitriles is 1. The highest BCUT2D eigenvalue weighted by molar-refractivity contribution is 7.22. The minimum atomic E-state index is -1.28. The molecule has 36 heavy (non-hydrogen) atoms. The predicted molar refractivity (Wildman–Crippen MR) is 144 cm³/mol. The van der Waals surface area contributed by atoms with Gasteiger partial charge < -0.3 is 9.52 Å². The molecule has 0 aliphatic heterocycles. The largest absolute Gasteiger partial charge is 0.444 e. The van der Waals surface area contributed by atoms with E-state index < -0.39 is 16.8 Å². The molecule has 0 saturated carbocycles. The van der Waals surface area contributed by atoms with Gasteiger partial charge >= 0.3 is 5.69 Å². The van der Waals surface area contributed by atoms with E-state index in [-0.39, 0.29) is 6.10 Å². The fourth-order valence-corrected chi connectivity index (χ4v) is 4.77. The van der Waals surface area contributed by atoms with Crippen molar-refractivity contribution in [3.63, 3.8) is 0 Å².